The third-order valence-corrected chi connectivity index (χ3v) is 4.70. The molecule has 0 fully saturated rings. The third kappa shape index (κ3) is 3.69. The Hall–Kier alpha value is -3.35. The van der Waals surface area contributed by atoms with Crippen LogP contribution < -0.4 is 15.0 Å². The first kappa shape index (κ1) is 18.0. The molecule has 1 amide bonds. The number of hydrogen-bond acceptors (Lipinski definition) is 5. The molecular formula is C21H21N3O4. The maximum Gasteiger partial charge on any atom is 0.253 e. The van der Waals surface area contributed by atoms with Crippen molar-refractivity contribution in [3.8, 4) is 11.5 Å². The SMILES string of the molecule is CCC(=O)N(Cc1cccnc1)Cc1cc2cc3c(cc2[nH]c1=O)OCCO3. The fourth-order valence-corrected chi connectivity index (χ4v) is 3.28. The second-order valence-electron chi connectivity index (χ2n) is 6.67. The maximum absolute atomic E-state index is 12.6. The van der Waals surface area contributed by atoms with E-state index in [1.807, 2.05) is 31.2 Å². The van der Waals surface area contributed by atoms with Gasteiger partial charge in [0.15, 0.2) is 11.5 Å². The highest BCUT2D eigenvalue weighted by atomic mass is 16.6. The summed E-state index contributed by atoms with van der Waals surface area (Å²) in [5, 5.41) is 0.837. The van der Waals surface area contributed by atoms with Gasteiger partial charge in [-0.05, 0) is 23.8 Å². The van der Waals surface area contributed by atoms with Crippen molar-refractivity contribution in [1.82, 2.24) is 14.9 Å². The van der Waals surface area contributed by atoms with E-state index >= 15 is 0 Å². The molecule has 2 aromatic heterocycles. The van der Waals surface area contributed by atoms with Gasteiger partial charge >= 0.3 is 0 Å². The fourth-order valence-electron chi connectivity index (χ4n) is 3.28. The van der Waals surface area contributed by atoms with Gasteiger partial charge in [-0.15, -0.1) is 0 Å². The van der Waals surface area contributed by atoms with Crippen molar-refractivity contribution >= 4 is 16.8 Å². The Balaban J connectivity index is 1.67. The van der Waals surface area contributed by atoms with Gasteiger partial charge in [-0.2, -0.15) is 0 Å². The Bertz CT molecular complexity index is 1060. The lowest BCUT2D eigenvalue weighted by Gasteiger charge is -2.22. The Morgan fingerprint density at radius 1 is 1.18 bits per heavy atom. The van der Waals surface area contributed by atoms with Crippen molar-refractivity contribution in [3.63, 3.8) is 0 Å². The summed E-state index contributed by atoms with van der Waals surface area (Å²) in [5.41, 5.74) is 1.90. The smallest absolute Gasteiger partial charge is 0.253 e. The van der Waals surface area contributed by atoms with Crippen LogP contribution in [0.3, 0.4) is 0 Å². The Kier molecular flexibility index (Phi) is 4.97. The number of aromatic amines is 1. The largest absolute Gasteiger partial charge is 0.486 e. The minimum Gasteiger partial charge on any atom is -0.486 e. The van der Waals surface area contributed by atoms with E-state index in [4.69, 9.17) is 9.47 Å². The zero-order valence-electron chi connectivity index (χ0n) is 15.6. The zero-order valence-corrected chi connectivity index (χ0v) is 15.6. The number of rotatable bonds is 5. The molecule has 0 radical (unpaired) electrons. The summed E-state index contributed by atoms with van der Waals surface area (Å²) in [4.78, 5) is 33.7. The second kappa shape index (κ2) is 7.72. The van der Waals surface area contributed by atoms with Crippen molar-refractivity contribution in [2.24, 2.45) is 0 Å². The van der Waals surface area contributed by atoms with E-state index in [1.165, 1.54) is 0 Å². The molecule has 1 aromatic carbocycles. The van der Waals surface area contributed by atoms with E-state index in [0.29, 0.717) is 48.8 Å². The van der Waals surface area contributed by atoms with Gasteiger partial charge < -0.3 is 19.4 Å². The van der Waals surface area contributed by atoms with Crippen LogP contribution in [-0.2, 0) is 17.9 Å². The van der Waals surface area contributed by atoms with Gasteiger partial charge in [0.05, 0.1) is 12.1 Å². The molecule has 0 saturated carbocycles. The van der Waals surface area contributed by atoms with E-state index in [9.17, 15) is 9.59 Å². The molecule has 0 unspecified atom stereocenters. The quantitative estimate of drug-likeness (QED) is 0.737. The summed E-state index contributed by atoms with van der Waals surface area (Å²) in [6.07, 6.45) is 3.78. The van der Waals surface area contributed by atoms with Crippen molar-refractivity contribution in [3.05, 3.63) is 64.2 Å². The van der Waals surface area contributed by atoms with Gasteiger partial charge in [-0.3, -0.25) is 14.6 Å². The van der Waals surface area contributed by atoms with E-state index < -0.39 is 0 Å². The monoisotopic (exact) mass is 379 g/mol. The van der Waals surface area contributed by atoms with Crippen LogP contribution in [0.15, 0.2) is 47.5 Å². The van der Waals surface area contributed by atoms with Crippen LogP contribution in [0.1, 0.15) is 24.5 Å². The van der Waals surface area contributed by atoms with Crippen LogP contribution in [0.4, 0.5) is 0 Å². The lowest BCUT2D eigenvalue weighted by molar-refractivity contribution is -0.132. The molecule has 0 saturated heterocycles. The first-order valence-electron chi connectivity index (χ1n) is 9.26. The number of nitrogens with zero attached hydrogens (tertiary/aromatic N) is 2. The summed E-state index contributed by atoms with van der Waals surface area (Å²) in [5.74, 6) is 1.26. The number of fused-ring (bicyclic) bond motifs is 2. The molecule has 7 nitrogen and oxygen atoms in total. The molecule has 0 atom stereocenters. The third-order valence-electron chi connectivity index (χ3n) is 4.70. The number of aromatic nitrogens is 2. The Morgan fingerprint density at radius 3 is 2.68 bits per heavy atom. The molecule has 3 aromatic rings. The van der Waals surface area contributed by atoms with E-state index in [2.05, 4.69) is 9.97 Å². The van der Waals surface area contributed by atoms with Gasteiger partial charge in [0.2, 0.25) is 5.91 Å². The fraction of sp³-hybridized carbons (Fsp3) is 0.286. The molecule has 144 valence electrons. The predicted octanol–water partition coefficient (Wildman–Crippen LogP) is 2.63. The van der Waals surface area contributed by atoms with Crippen molar-refractivity contribution < 1.29 is 14.3 Å². The number of carbonyl (C=O) groups is 1. The summed E-state index contributed by atoms with van der Waals surface area (Å²) >= 11 is 0. The molecule has 3 heterocycles. The normalized spacial score (nSPS) is 12.8. The van der Waals surface area contributed by atoms with Gasteiger partial charge in [0, 0.05) is 42.4 Å². The number of ether oxygens (including phenoxy) is 2. The molecule has 28 heavy (non-hydrogen) atoms. The standard InChI is InChI=1S/C21H21N3O4/c1-2-20(25)24(12-14-4-3-5-22-11-14)13-16-8-15-9-18-19(28-7-6-27-18)10-17(15)23-21(16)26/h3-5,8-11H,2,6-7,12-13H2,1H3,(H,23,26). The van der Waals surface area contributed by atoms with Crippen LogP contribution >= 0.6 is 0 Å². The van der Waals surface area contributed by atoms with Gasteiger partial charge in [0.25, 0.3) is 5.56 Å². The van der Waals surface area contributed by atoms with Crippen LogP contribution in [0, 0.1) is 0 Å². The van der Waals surface area contributed by atoms with E-state index in [0.717, 1.165) is 10.9 Å². The topological polar surface area (TPSA) is 84.5 Å². The minimum atomic E-state index is -0.218. The number of carbonyl (C=O) groups excluding carboxylic acids is 1. The number of hydrogen-bond donors (Lipinski definition) is 1. The zero-order chi connectivity index (χ0) is 19.5. The number of H-pyrrole nitrogens is 1. The molecular weight excluding hydrogens is 358 g/mol. The molecule has 1 aliphatic rings. The highest BCUT2D eigenvalue weighted by molar-refractivity contribution is 5.83. The summed E-state index contributed by atoms with van der Waals surface area (Å²) < 4.78 is 11.2. The molecule has 0 aliphatic carbocycles. The first-order valence-corrected chi connectivity index (χ1v) is 9.26. The average molecular weight is 379 g/mol. The van der Waals surface area contributed by atoms with Crippen LogP contribution in [-0.4, -0.2) is 34.0 Å². The molecule has 7 heteroatoms. The lowest BCUT2D eigenvalue weighted by atomic mass is 10.1. The van der Waals surface area contributed by atoms with Crippen LogP contribution in [0.2, 0.25) is 0 Å². The number of amides is 1. The predicted molar refractivity (Wildman–Crippen MR) is 104 cm³/mol. The van der Waals surface area contributed by atoms with Crippen molar-refractivity contribution in [2.75, 3.05) is 13.2 Å². The van der Waals surface area contributed by atoms with Crippen LogP contribution in [0.5, 0.6) is 11.5 Å². The number of nitrogens with one attached hydrogen (secondary N) is 1. The van der Waals surface area contributed by atoms with Crippen LogP contribution in [0.25, 0.3) is 10.9 Å². The molecule has 1 aliphatic heterocycles. The molecule has 4 rings (SSSR count). The Labute approximate surface area is 161 Å². The lowest BCUT2D eigenvalue weighted by Crippen LogP contribution is -2.32. The van der Waals surface area contributed by atoms with E-state index in [-0.39, 0.29) is 18.0 Å². The van der Waals surface area contributed by atoms with Crippen molar-refractivity contribution in [2.45, 2.75) is 26.4 Å². The Morgan fingerprint density at radius 2 is 1.96 bits per heavy atom. The summed E-state index contributed by atoms with van der Waals surface area (Å²) in [7, 11) is 0. The summed E-state index contributed by atoms with van der Waals surface area (Å²) in [6.45, 7) is 3.43. The second-order valence-corrected chi connectivity index (χ2v) is 6.67. The van der Waals surface area contributed by atoms with Gasteiger partial charge in [0.1, 0.15) is 13.2 Å². The average Bonchev–Trinajstić information content (AvgIpc) is 2.72. The van der Waals surface area contributed by atoms with Crippen molar-refractivity contribution in [1.29, 1.82) is 0 Å². The minimum absolute atomic E-state index is 0.0227. The first-order chi connectivity index (χ1) is 13.6. The molecule has 0 bridgehead atoms. The summed E-state index contributed by atoms with van der Waals surface area (Å²) in [6, 6.07) is 9.19. The number of benzene rings is 1. The molecule has 1 N–H and O–H groups in total. The maximum atomic E-state index is 12.6. The van der Waals surface area contributed by atoms with Gasteiger partial charge in [-0.1, -0.05) is 13.0 Å². The molecule has 0 spiro atoms. The highest BCUT2D eigenvalue weighted by Crippen LogP contribution is 2.33. The van der Waals surface area contributed by atoms with E-state index in [1.54, 1.807) is 23.4 Å². The van der Waals surface area contributed by atoms with Gasteiger partial charge in [-0.25, -0.2) is 0 Å². The highest BCUT2D eigenvalue weighted by Gasteiger charge is 2.17. The number of pyridine rings is 2.